The topological polar surface area (TPSA) is 90.2 Å². The summed E-state index contributed by atoms with van der Waals surface area (Å²) in [6.07, 6.45) is 5.45. The van der Waals surface area contributed by atoms with Crippen LogP contribution in [0.1, 0.15) is 17.7 Å². The molecule has 128 valence electrons. The van der Waals surface area contributed by atoms with Crippen LogP contribution in [0.2, 0.25) is 5.15 Å². The number of aromatic nitrogens is 2. The normalized spacial score (nSPS) is 10.6. The van der Waals surface area contributed by atoms with Crippen LogP contribution in [0.5, 0.6) is 0 Å². The first-order chi connectivity index (χ1) is 11.6. The minimum atomic E-state index is -0.547. The van der Waals surface area contributed by atoms with Crippen molar-refractivity contribution >= 4 is 23.0 Å². The number of hydrogen-bond donors (Lipinski definition) is 1. The summed E-state index contributed by atoms with van der Waals surface area (Å²) in [4.78, 5) is 18.4. The van der Waals surface area contributed by atoms with Gasteiger partial charge in [-0.2, -0.15) is 0 Å². The molecule has 2 aromatic rings. The van der Waals surface area contributed by atoms with Crippen LogP contribution in [0.4, 0.5) is 11.4 Å². The Kier molecular flexibility index (Phi) is 6.89. The van der Waals surface area contributed by atoms with Crippen LogP contribution in [-0.4, -0.2) is 34.6 Å². The second-order valence-electron chi connectivity index (χ2n) is 5.19. The zero-order valence-corrected chi connectivity index (χ0v) is 14.1. The Balaban J connectivity index is 1.69. The van der Waals surface area contributed by atoms with E-state index in [9.17, 15) is 10.1 Å². The molecule has 8 heteroatoms. The van der Waals surface area contributed by atoms with Crippen molar-refractivity contribution in [3.8, 4) is 0 Å². The van der Waals surface area contributed by atoms with Gasteiger partial charge in [0.25, 0.3) is 0 Å². The predicted octanol–water partition coefficient (Wildman–Crippen LogP) is 3.41. The molecule has 0 spiro atoms. The third-order valence-electron chi connectivity index (χ3n) is 3.38. The molecule has 0 aliphatic rings. The molecule has 0 saturated heterocycles. The van der Waals surface area contributed by atoms with Crippen LogP contribution in [0.3, 0.4) is 0 Å². The van der Waals surface area contributed by atoms with Crippen molar-refractivity contribution in [3.63, 3.8) is 0 Å². The van der Waals surface area contributed by atoms with Crippen molar-refractivity contribution < 1.29 is 9.66 Å². The Morgan fingerprint density at radius 1 is 1.42 bits per heavy atom. The van der Waals surface area contributed by atoms with E-state index in [0.29, 0.717) is 31.1 Å². The number of nitro groups is 1. The molecular formula is C16H19ClN4O3. The molecule has 0 atom stereocenters. The van der Waals surface area contributed by atoms with Gasteiger partial charge in [0.15, 0.2) is 0 Å². The molecule has 2 aromatic heterocycles. The number of nitrogens with zero attached hydrogens (tertiary/aromatic N) is 3. The second-order valence-corrected chi connectivity index (χ2v) is 5.55. The van der Waals surface area contributed by atoms with Gasteiger partial charge in [0, 0.05) is 31.6 Å². The van der Waals surface area contributed by atoms with Crippen LogP contribution < -0.4 is 5.32 Å². The van der Waals surface area contributed by atoms with Gasteiger partial charge in [0.05, 0.1) is 22.9 Å². The summed E-state index contributed by atoms with van der Waals surface area (Å²) in [6, 6.07) is 5.35. The third-order valence-corrected chi connectivity index (χ3v) is 3.66. The van der Waals surface area contributed by atoms with Crippen LogP contribution in [0.15, 0.2) is 30.6 Å². The Labute approximate surface area is 145 Å². The fourth-order valence-electron chi connectivity index (χ4n) is 2.16. The number of nitrogens with one attached hydrogen (secondary N) is 1. The molecule has 0 saturated carbocycles. The maximum absolute atomic E-state index is 10.9. The minimum Gasteiger partial charge on any atom is -0.381 e. The number of aryl methyl sites for hydroxylation is 2. The Bertz CT molecular complexity index is 683. The number of hydrogen-bond acceptors (Lipinski definition) is 6. The predicted molar refractivity (Wildman–Crippen MR) is 92.5 cm³/mol. The van der Waals surface area contributed by atoms with E-state index in [0.717, 1.165) is 12.8 Å². The largest absolute Gasteiger partial charge is 0.381 e. The van der Waals surface area contributed by atoms with Gasteiger partial charge in [-0.3, -0.25) is 15.1 Å². The van der Waals surface area contributed by atoms with Gasteiger partial charge in [-0.1, -0.05) is 17.7 Å². The van der Waals surface area contributed by atoms with Crippen LogP contribution >= 0.6 is 11.6 Å². The molecule has 2 heterocycles. The SMILES string of the molecule is Cc1nc(Cl)c([N+](=O)[O-])cc1NCCOCCCc1cccnc1. The van der Waals surface area contributed by atoms with Crippen molar-refractivity contribution in [2.45, 2.75) is 19.8 Å². The summed E-state index contributed by atoms with van der Waals surface area (Å²) in [6.45, 7) is 3.43. The smallest absolute Gasteiger partial charge is 0.308 e. The van der Waals surface area contributed by atoms with Gasteiger partial charge in [-0.25, -0.2) is 4.98 Å². The summed E-state index contributed by atoms with van der Waals surface area (Å²) in [5.74, 6) is 0. The van der Waals surface area contributed by atoms with Crippen LogP contribution in [-0.2, 0) is 11.2 Å². The van der Waals surface area contributed by atoms with E-state index in [1.165, 1.54) is 11.6 Å². The van der Waals surface area contributed by atoms with E-state index in [1.807, 2.05) is 18.3 Å². The molecule has 0 bridgehead atoms. The number of anilines is 1. The Hall–Kier alpha value is -2.25. The summed E-state index contributed by atoms with van der Waals surface area (Å²) >= 11 is 5.76. The van der Waals surface area contributed by atoms with Crippen molar-refractivity contribution in [1.29, 1.82) is 0 Å². The molecule has 0 radical (unpaired) electrons. The number of halogens is 1. The van der Waals surface area contributed by atoms with Gasteiger partial charge in [-0.15, -0.1) is 0 Å². The highest BCUT2D eigenvalue weighted by atomic mass is 35.5. The van der Waals surface area contributed by atoms with Crippen molar-refractivity contribution in [2.75, 3.05) is 25.1 Å². The second kappa shape index (κ2) is 9.14. The quantitative estimate of drug-likeness (QED) is 0.322. The summed E-state index contributed by atoms with van der Waals surface area (Å²) in [5, 5.41) is 13.9. The van der Waals surface area contributed by atoms with Crippen molar-refractivity contribution in [3.05, 3.63) is 57.1 Å². The van der Waals surface area contributed by atoms with E-state index >= 15 is 0 Å². The highest BCUT2D eigenvalue weighted by Gasteiger charge is 2.16. The maximum atomic E-state index is 10.9. The first-order valence-electron chi connectivity index (χ1n) is 7.60. The van der Waals surface area contributed by atoms with E-state index in [-0.39, 0.29) is 10.8 Å². The van der Waals surface area contributed by atoms with Gasteiger partial charge >= 0.3 is 5.69 Å². The molecule has 7 nitrogen and oxygen atoms in total. The van der Waals surface area contributed by atoms with Crippen LogP contribution in [0.25, 0.3) is 0 Å². The van der Waals surface area contributed by atoms with E-state index in [2.05, 4.69) is 15.3 Å². The average Bonchev–Trinajstić information content (AvgIpc) is 2.56. The zero-order chi connectivity index (χ0) is 17.4. The van der Waals surface area contributed by atoms with Gasteiger partial charge < -0.3 is 10.1 Å². The first kappa shape index (κ1) is 18.1. The van der Waals surface area contributed by atoms with Crippen molar-refractivity contribution in [2.24, 2.45) is 0 Å². The zero-order valence-electron chi connectivity index (χ0n) is 13.4. The molecular weight excluding hydrogens is 332 g/mol. The lowest BCUT2D eigenvalue weighted by Crippen LogP contribution is -2.12. The molecule has 0 aliphatic heterocycles. The molecule has 2 rings (SSSR count). The third kappa shape index (κ3) is 5.43. The molecule has 0 unspecified atom stereocenters. The summed E-state index contributed by atoms with van der Waals surface area (Å²) in [5.41, 5.74) is 2.18. The van der Waals surface area contributed by atoms with E-state index < -0.39 is 4.92 Å². The Morgan fingerprint density at radius 2 is 2.25 bits per heavy atom. The first-order valence-corrected chi connectivity index (χ1v) is 7.98. The van der Waals surface area contributed by atoms with Gasteiger partial charge in [-0.05, 0) is 31.4 Å². The molecule has 0 amide bonds. The fraction of sp³-hybridized carbons (Fsp3) is 0.375. The number of rotatable bonds is 9. The van der Waals surface area contributed by atoms with Gasteiger partial charge in [0.1, 0.15) is 0 Å². The molecule has 1 N–H and O–H groups in total. The average molecular weight is 351 g/mol. The molecule has 0 aromatic carbocycles. The lowest BCUT2D eigenvalue weighted by molar-refractivity contribution is -0.385. The lowest BCUT2D eigenvalue weighted by atomic mass is 10.2. The maximum Gasteiger partial charge on any atom is 0.308 e. The lowest BCUT2D eigenvalue weighted by Gasteiger charge is -2.10. The molecule has 0 fully saturated rings. The molecule has 24 heavy (non-hydrogen) atoms. The highest BCUT2D eigenvalue weighted by Crippen LogP contribution is 2.27. The van der Waals surface area contributed by atoms with Gasteiger partial charge in [0.2, 0.25) is 5.15 Å². The monoisotopic (exact) mass is 350 g/mol. The molecule has 0 aliphatic carbocycles. The van der Waals surface area contributed by atoms with E-state index in [4.69, 9.17) is 16.3 Å². The standard InChI is InChI=1S/C16H19ClN4O3/c1-12-14(10-15(21(22)23)16(17)20-12)19-7-9-24-8-3-5-13-4-2-6-18-11-13/h2,4,6,10-11,19H,3,5,7-9H2,1H3. The minimum absolute atomic E-state index is 0.102. The fourth-order valence-corrected chi connectivity index (χ4v) is 2.41. The number of ether oxygens (including phenoxy) is 1. The Morgan fingerprint density at radius 3 is 2.96 bits per heavy atom. The number of pyridine rings is 2. The van der Waals surface area contributed by atoms with Crippen molar-refractivity contribution in [1.82, 2.24) is 9.97 Å². The summed E-state index contributed by atoms with van der Waals surface area (Å²) in [7, 11) is 0. The van der Waals surface area contributed by atoms with E-state index in [1.54, 1.807) is 13.1 Å². The summed E-state index contributed by atoms with van der Waals surface area (Å²) < 4.78 is 5.56. The highest BCUT2D eigenvalue weighted by molar-refractivity contribution is 6.31. The van der Waals surface area contributed by atoms with Crippen LogP contribution in [0, 0.1) is 17.0 Å².